The molecule has 2 heterocycles. The van der Waals surface area contributed by atoms with E-state index in [1.807, 2.05) is 0 Å². The van der Waals surface area contributed by atoms with Crippen molar-refractivity contribution in [1.82, 2.24) is 9.55 Å². The molecular weight excluding hydrogens is 256 g/mol. The molecule has 96 valence electrons. The lowest BCUT2D eigenvalue weighted by Crippen LogP contribution is -2.32. The Hall–Kier alpha value is -1.49. The molecule has 0 saturated carbocycles. The lowest BCUT2D eigenvalue weighted by Gasteiger charge is -2.12. The topological polar surface area (TPSA) is 95.3 Å². The number of thioether (sulfide) groups is 1. The Labute approximate surface area is 107 Å². The fourth-order valence-electron chi connectivity index (χ4n) is 1.85. The lowest BCUT2D eigenvalue weighted by molar-refractivity contribution is 0.137. The van der Waals surface area contributed by atoms with Gasteiger partial charge in [0.1, 0.15) is 5.56 Å². The quantitative estimate of drug-likeness (QED) is 0.590. The number of nitrogens with one attached hydrogen (secondary N) is 1. The number of hydrogen-bond acceptors (Lipinski definition) is 5. The van der Waals surface area contributed by atoms with Crippen LogP contribution in [0.4, 0.5) is 0 Å². The fourth-order valence-corrected chi connectivity index (χ4v) is 3.23. The summed E-state index contributed by atoms with van der Waals surface area (Å²) < 4.78 is 1.29. The lowest BCUT2D eigenvalue weighted by atomic mass is 10.2. The normalized spacial score (nSPS) is 27.1. The van der Waals surface area contributed by atoms with Crippen LogP contribution >= 0.6 is 11.8 Å². The average Bonchev–Trinajstić information content (AvgIpc) is 2.70. The molecule has 1 aromatic heterocycles. The summed E-state index contributed by atoms with van der Waals surface area (Å²) in [4.78, 5) is 25.1. The number of aromatic amines is 1. The van der Waals surface area contributed by atoms with Gasteiger partial charge < -0.3 is 10.2 Å². The second kappa shape index (κ2) is 5.02. The highest BCUT2D eigenvalue weighted by molar-refractivity contribution is 8.00. The molecule has 0 amide bonds. The molecule has 0 radical (unpaired) electrons. The van der Waals surface area contributed by atoms with Crippen molar-refractivity contribution >= 4 is 11.8 Å². The van der Waals surface area contributed by atoms with Gasteiger partial charge in [0.2, 0.25) is 0 Å². The minimum absolute atomic E-state index is 0.0668. The van der Waals surface area contributed by atoms with Crippen LogP contribution in [0.2, 0.25) is 0 Å². The van der Waals surface area contributed by atoms with Crippen molar-refractivity contribution in [3.8, 4) is 12.3 Å². The molecule has 18 heavy (non-hydrogen) atoms. The van der Waals surface area contributed by atoms with E-state index in [2.05, 4.69) is 10.9 Å². The van der Waals surface area contributed by atoms with E-state index in [9.17, 15) is 14.7 Å². The van der Waals surface area contributed by atoms with Gasteiger partial charge in [-0.1, -0.05) is 5.92 Å². The Morgan fingerprint density at radius 2 is 2.33 bits per heavy atom. The number of aliphatic hydroxyl groups is 2. The van der Waals surface area contributed by atoms with Crippen molar-refractivity contribution in [2.45, 2.75) is 23.1 Å². The van der Waals surface area contributed by atoms with Crippen LogP contribution in [0, 0.1) is 12.3 Å². The first-order valence-electron chi connectivity index (χ1n) is 5.33. The van der Waals surface area contributed by atoms with Crippen LogP contribution in [0.3, 0.4) is 0 Å². The standard InChI is InChI=1S/C11H12N2O4S/c1-2-6-4-13(11(17)12-10(6)16)9-3-7(15)8(5-14)18-9/h1,4,7-9,14-15H,3,5H2,(H,12,16,17)/t7-,8+,9+/m0/s1. The first kappa shape index (κ1) is 13.0. The maximum atomic E-state index is 11.7. The van der Waals surface area contributed by atoms with E-state index in [-0.39, 0.29) is 22.8 Å². The van der Waals surface area contributed by atoms with Crippen molar-refractivity contribution in [3.63, 3.8) is 0 Å². The molecule has 0 spiro atoms. The fraction of sp³-hybridized carbons (Fsp3) is 0.455. The molecule has 0 unspecified atom stereocenters. The summed E-state index contributed by atoms with van der Waals surface area (Å²) >= 11 is 1.28. The monoisotopic (exact) mass is 268 g/mol. The third kappa shape index (κ3) is 2.22. The van der Waals surface area contributed by atoms with Gasteiger partial charge in [-0.25, -0.2) is 4.79 Å². The van der Waals surface area contributed by atoms with Gasteiger partial charge in [0.25, 0.3) is 5.56 Å². The minimum Gasteiger partial charge on any atom is -0.395 e. The van der Waals surface area contributed by atoms with Crippen LogP contribution in [0.1, 0.15) is 17.4 Å². The zero-order valence-corrected chi connectivity index (χ0v) is 10.2. The van der Waals surface area contributed by atoms with Crippen molar-refractivity contribution in [2.75, 3.05) is 6.61 Å². The van der Waals surface area contributed by atoms with Gasteiger partial charge in [0.05, 0.1) is 23.3 Å². The predicted molar refractivity (Wildman–Crippen MR) is 67.4 cm³/mol. The van der Waals surface area contributed by atoms with Crippen LogP contribution in [0.5, 0.6) is 0 Å². The number of aliphatic hydroxyl groups excluding tert-OH is 2. The molecule has 0 aromatic carbocycles. The second-order valence-corrected chi connectivity index (χ2v) is 5.39. The molecule has 1 aliphatic heterocycles. The van der Waals surface area contributed by atoms with Gasteiger partial charge in [0.15, 0.2) is 0 Å². The van der Waals surface area contributed by atoms with Crippen LogP contribution in [0.15, 0.2) is 15.8 Å². The van der Waals surface area contributed by atoms with Crippen LogP contribution in [-0.4, -0.2) is 37.7 Å². The third-order valence-electron chi connectivity index (χ3n) is 2.82. The van der Waals surface area contributed by atoms with E-state index in [1.165, 1.54) is 22.5 Å². The van der Waals surface area contributed by atoms with Gasteiger partial charge in [-0.2, -0.15) is 0 Å². The van der Waals surface area contributed by atoms with E-state index >= 15 is 0 Å². The molecule has 1 fully saturated rings. The molecule has 3 N–H and O–H groups in total. The summed E-state index contributed by atoms with van der Waals surface area (Å²) in [6.07, 6.45) is 6.12. The molecule has 7 heteroatoms. The zero-order valence-electron chi connectivity index (χ0n) is 9.37. The zero-order chi connectivity index (χ0) is 13.3. The highest BCUT2D eigenvalue weighted by atomic mass is 32.2. The average molecular weight is 268 g/mol. The summed E-state index contributed by atoms with van der Waals surface area (Å²) in [5, 5.41) is 18.1. The summed E-state index contributed by atoms with van der Waals surface area (Å²) in [5.41, 5.74) is -1.10. The third-order valence-corrected chi connectivity index (χ3v) is 4.36. The molecule has 2 rings (SSSR count). The number of hydrogen-bond donors (Lipinski definition) is 3. The van der Waals surface area contributed by atoms with E-state index in [4.69, 9.17) is 11.5 Å². The van der Waals surface area contributed by atoms with Gasteiger partial charge in [-0.3, -0.25) is 14.3 Å². The maximum Gasteiger partial charge on any atom is 0.329 e. The highest BCUT2D eigenvalue weighted by Gasteiger charge is 2.34. The molecule has 3 atom stereocenters. The summed E-state index contributed by atoms with van der Waals surface area (Å²) in [6, 6.07) is 0. The van der Waals surface area contributed by atoms with Gasteiger partial charge in [-0.15, -0.1) is 18.2 Å². The largest absolute Gasteiger partial charge is 0.395 e. The van der Waals surface area contributed by atoms with Crippen molar-refractivity contribution in [1.29, 1.82) is 0 Å². The Kier molecular flexibility index (Phi) is 3.61. The van der Waals surface area contributed by atoms with Crippen molar-refractivity contribution in [3.05, 3.63) is 32.6 Å². The van der Waals surface area contributed by atoms with E-state index < -0.39 is 17.4 Å². The van der Waals surface area contributed by atoms with Crippen LogP contribution in [0.25, 0.3) is 0 Å². The summed E-state index contributed by atoms with van der Waals surface area (Å²) in [5.74, 6) is 2.20. The maximum absolute atomic E-state index is 11.7. The summed E-state index contributed by atoms with van der Waals surface area (Å²) in [7, 11) is 0. The molecule has 1 saturated heterocycles. The number of rotatable bonds is 2. The van der Waals surface area contributed by atoms with E-state index in [1.54, 1.807) is 0 Å². The molecular formula is C11H12N2O4S. The second-order valence-electron chi connectivity index (χ2n) is 3.97. The number of nitrogens with zero attached hydrogens (tertiary/aromatic N) is 1. The molecule has 6 nitrogen and oxygen atoms in total. The van der Waals surface area contributed by atoms with Gasteiger partial charge >= 0.3 is 5.69 Å². The predicted octanol–water partition coefficient (Wildman–Crippen LogP) is -1.12. The first-order chi connectivity index (χ1) is 8.56. The number of H-pyrrole nitrogens is 1. The Morgan fingerprint density at radius 1 is 1.61 bits per heavy atom. The number of aromatic nitrogens is 2. The first-order valence-corrected chi connectivity index (χ1v) is 6.27. The van der Waals surface area contributed by atoms with Crippen molar-refractivity contribution in [2.24, 2.45) is 0 Å². The van der Waals surface area contributed by atoms with E-state index in [0.29, 0.717) is 6.42 Å². The summed E-state index contributed by atoms with van der Waals surface area (Å²) in [6.45, 7) is -0.164. The highest BCUT2D eigenvalue weighted by Crippen LogP contribution is 2.40. The smallest absolute Gasteiger partial charge is 0.329 e. The Bertz CT molecular complexity index is 600. The van der Waals surface area contributed by atoms with Crippen LogP contribution in [-0.2, 0) is 0 Å². The Balaban J connectivity index is 2.39. The van der Waals surface area contributed by atoms with Crippen molar-refractivity contribution < 1.29 is 10.2 Å². The number of terminal acetylenes is 1. The minimum atomic E-state index is -0.682. The van der Waals surface area contributed by atoms with E-state index in [0.717, 1.165) is 0 Å². The Morgan fingerprint density at radius 3 is 2.89 bits per heavy atom. The van der Waals surface area contributed by atoms with Crippen LogP contribution < -0.4 is 11.2 Å². The molecule has 0 aliphatic carbocycles. The van der Waals surface area contributed by atoms with Gasteiger partial charge in [0, 0.05) is 12.6 Å². The van der Waals surface area contributed by atoms with Gasteiger partial charge in [-0.05, 0) is 0 Å². The molecule has 1 aliphatic rings. The molecule has 1 aromatic rings. The molecule has 0 bridgehead atoms. The SMILES string of the molecule is C#Cc1cn([C@H]2C[C@H](O)[C@@H](CO)S2)c(=O)[nH]c1=O.